The van der Waals surface area contributed by atoms with E-state index < -0.39 is 0 Å². The van der Waals surface area contributed by atoms with Gasteiger partial charge in [0.15, 0.2) is 5.82 Å². The summed E-state index contributed by atoms with van der Waals surface area (Å²) in [6, 6.07) is 12.4. The topological polar surface area (TPSA) is 53.9 Å². The molecule has 1 N–H and O–H groups in total. The Morgan fingerprint density at radius 1 is 1.24 bits per heavy atom. The van der Waals surface area contributed by atoms with E-state index in [2.05, 4.69) is 51.5 Å². The lowest BCUT2D eigenvalue weighted by atomic mass is 10.1. The van der Waals surface area contributed by atoms with Gasteiger partial charge in [0.2, 0.25) is 0 Å². The average Bonchev–Trinajstić information content (AvgIpc) is 3.38. The molecule has 5 nitrogen and oxygen atoms in total. The first-order valence-corrected chi connectivity index (χ1v) is 10.7. The van der Waals surface area contributed by atoms with Gasteiger partial charge in [-0.1, -0.05) is 30.3 Å². The van der Waals surface area contributed by atoms with E-state index in [1.165, 1.54) is 16.5 Å². The van der Waals surface area contributed by atoms with Crippen molar-refractivity contribution in [2.75, 3.05) is 6.54 Å². The number of nitrogens with zero attached hydrogens (tertiary/aromatic N) is 3. The number of rotatable bonds is 5. The molecule has 1 aromatic carbocycles. The van der Waals surface area contributed by atoms with Crippen LogP contribution in [0, 0.1) is 0 Å². The minimum atomic E-state index is -0.0165. The van der Waals surface area contributed by atoms with Crippen molar-refractivity contribution >= 4 is 22.2 Å². The van der Waals surface area contributed by atoms with Crippen LogP contribution < -0.4 is 5.56 Å². The Balaban J connectivity index is 1.43. The predicted molar refractivity (Wildman–Crippen MR) is 118 cm³/mol. The Morgan fingerprint density at radius 3 is 2.97 bits per heavy atom. The maximum absolute atomic E-state index is 12.7. The van der Waals surface area contributed by atoms with Gasteiger partial charge in [-0.05, 0) is 23.1 Å². The van der Waals surface area contributed by atoms with E-state index in [-0.39, 0.29) is 5.56 Å². The van der Waals surface area contributed by atoms with E-state index in [1.807, 2.05) is 23.6 Å². The van der Waals surface area contributed by atoms with Gasteiger partial charge in [-0.3, -0.25) is 9.69 Å². The summed E-state index contributed by atoms with van der Waals surface area (Å²) in [4.78, 5) is 23.8. The molecule has 5 rings (SSSR count). The largest absolute Gasteiger partial charge is 0.343 e. The number of aromatic nitrogens is 3. The van der Waals surface area contributed by atoms with Crippen LogP contribution in [0.4, 0.5) is 0 Å². The number of hydrogen-bond acceptors (Lipinski definition) is 4. The number of para-hydroxylation sites is 1. The van der Waals surface area contributed by atoms with Crippen LogP contribution in [0.25, 0.3) is 21.6 Å². The normalized spacial score (nSPS) is 14.2. The second kappa shape index (κ2) is 7.46. The van der Waals surface area contributed by atoms with Gasteiger partial charge >= 0.3 is 0 Å². The summed E-state index contributed by atoms with van der Waals surface area (Å²) in [6.07, 6.45) is 4.93. The van der Waals surface area contributed by atoms with Crippen molar-refractivity contribution in [1.29, 1.82) is 0 Å². The molecule has 0 saturated heterocycles. The zero-order chi connectivity index (χ0) is 19.8. The van der Waals surface area contributed by atoms with Crippen LogP contribution in [0.5, 0.6) is 0 Å². The van der Waals surface area contributed by atoms with Gasteiger partial charge in [-0.15, -0.1) is 17.9 Å². The van der Waals surface area contributed by atoms with Gasteiger partial charge < -0.3 is 9.55 Å². The van der Waals surface area contributed by atoms with Crippen LogP contribution in [0.2, 0.25) is 0 Å². The maximum atomic E-state index is 12.7. The molecule has 0 unspecified atom stereocenters. The van der Waals surface area contributed by atoms with E-state index in [4.69, 9.17) is 4.98 Å². The molecule has 0 radical (unpaired) electrons. The minimum absolute atomic E-state index is 0.0165. The second-order valence-electron chi connectivity index (χ2n) is 7.39. The van der Waals surface area contributed by atoms with Gasteiger partial charge in [0, 0.05) is 49.7 Å². The Hall–Kier alpha value is -2.96. The summed E-state index contributed by atoms with van der Waals surface area (Å²) in [5.41, 5.74) is 4.22. The molecule has 0 spiro atoms. The lowest BCUT2D eigenvalue weighted by Gasteiger charge is -2.27. The molecule has 1 aliphatic rings. The molecule has 1 aliphatic heterocycles. The van der Waals surface area contributed by atoms with Gasteiger partial charge in [0.1, 0.15) is 0 Å². The molecule has 146 valence electrons. The van der Waals surface area contributed by atoms with Crippen molar-refractivity contribution in [2.24, 2.45) is 0 Å². The first kappa shape index (κ1) is 18.1. The van der Waals surface area contributed by atoms with E-state index in [0.717, 1.165) is 42.2 Å². The van der Waals surface area contributed by atoms with Crippen molar-refractivity contribution in [2.45, 2.75) is 26.1 Å². The van der Waals surface area contributed by atoms with Crippen molar-refractivity contribution in [3.63, 3.8) is 0 Å². The summed E-state index contributed by atoms with van der Waals surface area (Å²) >= 11 is 1.59. The van der Waals surface area contributed by atoms with E-state index in [9.17, 15) is 4.79 Å². The number of thiophene rings is 1. The highest BCUT2D eigenvalue weighted by molar-refractivity contribution is 7.13. The van der Waals surface area contributed by atoms with Crippen molar-refractivity contribution in [3.05, 3.63) is 87.8 Å². The lowest BCUT2D eigenvalue weighted by molar-refractivity contribution is 0.242. The average molecular weight is 403 g/mol. The molecule has 29 heavy (non-hydrogen) atoms. The maximum Gasteiger partial charge on any atom is 0.255 e. The van der Waals surface area contributed by atoms with Crippen LogP contribution in [0.1, 0.15) is 16.8 Å². The molecular formula is C23H22N4OS. The zero-order valence-electron chi connectivity index (χ0n) is 16.1. The molecule has 3 aromatic heterocycles. The summed E-state index contributed by atoms with van der Waals surface area (Å²) in [5, 5.41) is 3.26. The fraction of sp³-hybridized carbons (Fsp3) is 0.217. The van der Waals surface area contributed by atoms with Gasteiger partial charge in [-0.25, -0.2) is 4.98 Å². The van der Waals surface area contributed by atoms with Crippen molar-refractivity contribution in [1.82, 2.24) is 19.4 Å². The van der Waals surface area contributed by atoms with E-state index in [1.54, 1.807) is 11.3 Å². The summed E-state index contributed by atoms with van der Waals surface area (Å²) < 4.78 is 2.23. The van der Waals surface area contributed by atoms with Crippen LogP contribution in [-0.4, -0.2) is 26.0 Å². The molecule has 0 aliphatic carbocycles. The first-order chi connectivity index (χ1) is 14.2. The number of allylic oxidation sites excluding steroid dienone is 1. The van der Waals surface area contributed by atoms with Crippen LogP contribution in [0.3, 0.4) is 0 Å². The number of fused-ring (bicyclic) bond motifs is 2. The highest BCUT2D eigenvalue weighted by Crippen LogP contribution is 2.26. The molecule has 0 atom stereocenters. The summed E-state index contributed by atoms with van der Waals surface area (Å²) in [7, 11) is 0. The van der Waals surface area contributed by atoms with Gasteiger partial charge in [-0.2, -0.15) is 0 Å². The molecule has 0 amide bonds. The van der Waals surface area contributed by atoms with E-state index >= 15 is 0 Å². The standard InChI is InChI=1S/C23H22N4OS/c1-2-10-27-14-16(17-6-3-4-7-20(17)27)13-26-11-9-19-18(15-26)23(28)25-22(24-19)21-8-5-12-29-21/h2-8,12,14H,1,9-11,13,15H2,(H,24,25,28). The lowest BCUT2D eigenvalue weighted by Crippen LogP contribution is -2.35. The fourth-order valence-electron chi connectivity index (χ4n) is 4.13. The molecule has 6 heteroatoms. The molecule has 0 saturated carbocycles. The predicted octanol–water partition coefficient (Wildman–Crippen LogP) is 4.20. The van der Waals surface area contributed by atoms with Gasteiger partial charge in [0.25, 0.3) is 5.56 Å². The molecule has 4 heterocycles. The first-order valence-electron chi connectivity index (χ1n) is 9.79. The molecule has 0 bridgehead atoms. The smallest absolute Gasteiger partial charge is 0.255 e. The molecule has 0 fully saturated rings. The number of aromatic amines is 1. The molecular weight excluding hydrogens is 380 g/mol. The van der Waals surface area contributed by atoms with Crippen LogP contribution >= 0.6 is 11.3 Å². The monoisotopic (exact) mass is 402 g/mol. The van der Waals surface area contributed by atoms with Crippen molar-refractivity contribution in [3.8, 4) is 10.7 Å². The molecule has 4 aromatic rings. The van der Waals surface area contributed by atoms with Crippen molar-refractivity contribution < 1.29 is 0 Å². The van der Waals surface area contributed by atoms with E-state index in [0.29, 0.717) is 12.4 Å². The SMILES string of the molecule is C=CCn1cc(CN2CCc3nc(-c4cccs4)[nH]c(=O)c3C2)c2ccccc21. The summed E-state index contributed by atoms with van der Waals surface area (Å²) in [5.74, 6) is 0.685. The van der Waals surface area contributed by atoms with Crippen LogP contribution in [-0.2, 0) is 26.1 Å². The fourth-order valence-corrected chi connectivity index (χ4v) is 4.79. The highest BCUT2D eigenvalue weighted by atomic mass is 32.1. The number of nitrogens with one attached hydrogen (secondary N) is 1. The van der Waals surface area contributed by atoms with Gasteiger partial charge in [0.05, 0.1) is 16.1 Å². The highest BCUT2D eigenvalue weighted by Gasteiger charge is 2.22. The zero-order valence-corrected chi connectivity index (χ0v) is 16.9. The number of hydrogen-bond donors (Lipinski definition) is 1. The quantitative estimate of drug-likeness (QED) is 0.509. The Kier molecular flexibility index (Phi) is 4.66. The van der Waals surface area contributed by atoms with Crippen LogP contribution in [0.15, 0.2) is 65.4 Å². The Bertz CT molecular complexity index is 1240. The third kappa shape index (κ3) is 3.34. The third-order valence-electron chi connectivity index (χ3n) is 5.49. The Labute approximate surface area is 173 Å². The third-order valence-corrected chi connectivity index (χ3v) is 6.37. The number of benzene rings is 1. The number of H-pyrrole nitrogens is 1. The Morgan fingerprint density at radius 2 is 2.14 bits per heavy atom. The minimum Gasteiger partial charge on any atom is -0.343 e. The summed E-state index contributed by atoms with van der Waals surface area (Å²) in [6.45, 7) is 7.00. The second-order valence-corrected chi connectivity index (χ2v) is 8.34.